The second-order valence-corrected chi connectivity index (χ2v) is 9.50. The van der Waals surface area contributed by atoms with E-state index in [9.17, 15) is 9.59 Å². The van der Waals surface area contributed by atoms with Crippen LogP contribution >= 0.6 is 0 Å². The minimum absolute atomic E-state index is 0.0781. The highest BCUT2D eigenvalue weighted by molar-refractivity contribution is 5.95. The highest BCUT2D eigenvalue weighted by atomic mass is 19.1. The maximum Gasteiger partial charge on any atom is 0.328 e. The first-order chi connectivity index (χ1) is 18.2. The van der Waals surface area contributed by atoms with Crippen LogP contribution in [0.15, 0.2) is 67.0 Å². The van der Waals surface area contributed by atoms with E-state index in [0.717, 1.165) is 49.4 Å². The molecule has 0 spiro atoms. The van der Waals surface area contributed by atoms with Gasteiger partial charge >= 0.3 is 5.97 Å². The number of hydrogen-bond acceptors (Lipinski definition) is 4. The van der Waals surface area contributed by atoms with Gasteiger partial charge in [-0.25, -0.2) is 9.18 Å². The number of carboxylic acid groups (broad SMARTS) is 1. The first-order valence-corrected chi connectivity index (χ1v) is 12.4. The van der Waals surface area contributed by atoms with Crippen molar-refractivity contribution in [3.63, 3.8) is 0 Å². The van der Waals surface area contributed by atoms with Gasteiger partial charge in [-0.05, 0) is 59.9 Å². The first-order valence-electron chi connectivity index (χ1n) is 13.0. The molecule has 3 aromatic rings. The molecule has 37 heavy (non-hydrogen) atoms. The van der Waals surface area contributed by atoms with E-state index in [4.69, 9.17) is 6.48 Å². The summed E-state index contributed by atoms with van der Waals surface area (Å²) in [7, 11) is 3.90. The van der Waals surface area contributed by atoms with Crippen LogP contribution in [-0.2, 0) is 16.1 Å². The van der Waals surface area contributed by atoms with Gasteiger partial charge in [0.05, 0.1) is 19.8 Å². The molecule has 4 rings (SSSR count). The van der Waals surface area contributed by atoms with Gasteiger partial charge < -0.3 is 14.9 Å². The van der Waals surface area contributed by atoms with Crippen molar-refractivity contribution in [2.24, 2.45) is 5.92 Å². The third kappa shape index (κ3) is 6.61. The van der Waals surface area contributed by atoms with Crippen molar-refractivity contribution >= 4 is 29.3 Å². The molecule has 1 heterocycles. The van der Waals surface area contributed by atoms with Gasteiger partial charge in [0.25, 0.3) is 0 Å². The Hall–Kier alpha value is -4.00. The van der Waals surface area contributed by atoms with Crippen molar-refractivity contribution in [1.29, 1.82) is 0 Å². The van der Waals surface area contributed by atoms with Crippen molar-refractivity contribution in [3.05, 3.63) is 83.9 Å². The van der Waals surface area contributed by atoms with Crippen molar-refractivity contribution in [2.45, 2.75) is 38.6 Å². The summed E-state index contributed by atoms with van der Waals surface area (Å²) in [6.45, 7) is -1.34. The number of halogens is 1. The average molecular weight is 503 g/mol. The van der Waals surface area contributed by atoms with E-state index in [1.807, 2.05) is 43.3 Å². The predicted molar refractivity (Wildman–Crippen MR) is 145 cm³/mol. The van der Waals surface area contributed by atoms with Crippen LogP contribution in [0.5, 0.6) is 0 Å². The van der Waals surface area contributed by atoms with Crippen molar-refractivity contribution < 1.29 is 20.5 Å². The lowest BCUT2D eigenvalue weighted by atomic mass is 9.88. The Labute approximate surface area is 218 Å². The molecule has 1 aliphatic carbocycles. The summed E-state index contributed by atoms with van der Waals surface area (Å²) in [5.41, 5.74) is 3.43. The fourth-order valence-electron chi connectivity index (χ4n) is 4.55. The maximum atomic E-state index is 15.5. The van der Waals surface area contributed by atoms with Gasteiger partial charge in [-0.3, -0.25) is 9.78 Å². The first kappa shape index (κ1) is 24.7. The van der Waals surface area contributed by atoms with Gasteiger partial charge in [0.1, 0.15) is 5.82 Å². The number of pyridine rings is 1. The molecule has 0 aliphatic heterocycles. The number of nitrogens with zero attached hydrogens (tertiary/aromatic N) is 3. The van der Waals surface area contributed by atoms with Crippen molar-refractivity contribution in [3.8, 4) is 11.1 Å². The van der Waals surface area contributed by atoms with Crippen LogP contribution in [0.25, 0.3) is 17.2 Å². The number of rotatable bonds is 8. The molecule has 0 saturated heterocycles. The summed E-state index contributed by atoms with van der Waals surface area (Å²) in [6, 6.07) is 14.1. The Morgan fingerprint density at radius 3 is 2.38 bits per heavy atom. The van der Waals surface area contributed by atoms with E-state index in [-0.39, 0.29) is 17.4 Å². The molecule has 6 nitrogen and oxygen atoms in total. The number of carbonyl (C=O) groups is 2. The Kier molecular flexibility index (Phi) is 7.89. The minimum atomic E-state index is -1.34. The fourth-order valence-corrected chi connectivity index (χ4v) is 4.55. The van der Waals surface area contributed by atoms with Crippen LogP contribution in [0.2, 0.25) is 0 Å². The summed E-state index contributed by atoms with van der Waals surface area (Å²) >= 11 is 0. The number of benzene rings is 2. The largest absolute Gasteiger partial charge is 0.478 e. The van der Waals surface area contributed by atoms with Crippen LogP contribution in [0.4, 0.5) is 15.8 Å². The Bertz CT molecular complexity index is 1320. The quantitative estimate of drug-likeness (QED) is 0.373. The van der Waals surface area contributed by atoms with Crippen LogP contribution in [0.1, 0.15) is 44.6 Å². The zero-order valence-corrected chi connectivity index (χ0v) is 21.1. The molecule has 1 unspecified atom stereocenters. The van der Waals surface area contributed by atoms with Crippen LogP contribution in [0.3, 0.4) is 0 Å². The monoisotopic (exact) mass is 502 g/mol. The Morgan fingerprint density at radius 2 is 1.73 bits per heavy atom. The van der Waals surface area contributed by atoms with Gasteiger partial charge in [0.2, 0.25) is 5.91 Å². The van der Waals surface area contributed by atoms with E-state index in [0.29, 0.717) is 16.8 Å². The highest BCUT2D eigenvalue weighted by Gasteiger charge is 2.28. The van der Waals surface area contributed by atoms with Gasteiger partial charge in [-0.15, -0.1) is 0 Å². The van der Waals surface area contributed by atoms with Gasteiger partial charge in [0.15, 0.2) is 0 Å². The molecule has 1 fully saturated rings. The maximum absolute atomic E-state index is 15.5. The van der Waals surface area contributed by atoms with Crippen LogP contribution in [-0.4, -0.2) is 36.1 Å². The zero-order valence-electron chi connectivity index (χ0n) is 22.1. The Morgan fingerprint density at radius 1 is 1.03 bits per heavy atom. The van der Waals surface area contributed by atoms with E-state index in [1.54, 1.807) is 18.2 Å². The van der Waals surface area contributed by atoms with Crippen LogP contribution < -0.4 is 9.80 Å². The van der Waals surface area contributed by atoms with Gasteiger partial charge in [-0.2, -0.15) is 0 Å². The second kappa shape index (κ2) is 11.8. The molecule has 0 radical (unpaired) electrons. The second-order valence-electron chi connectivity index (χ2n) is 9.50. The van der Waals surface area contributed by atoms with E-state index in [2.05, 4.69) is 4.98 Å². The number of carboxylic acids is 1. The smallest absolute Gasteiger partial charge is 0.328 e. The lowest BCUT2D eigenvalue weighted by molar-refractivity contribution is -0.131. The summed E-state index contributed by atoms with van der Waals surface area (Å²) in [6.07, 6.45) is 9.66. The molecule has 1 N–H and O–H groups in total. The van der Waals surface area contributed by atoms with E-state index >= 15 is 4.39 Å². The molecular weight excluding hydrogens is 469 g/mol. The van der Waals surface area contributed by atoms with Crippen molar-refractivity contribution in [2.75, 3.05) is 23.9 Å². The third-order valence-electron chi connectivity index (χ3n) is 6.62. The standard InChI is InChI=1S/C30H32FN3O3/c1-33(2)26-13-11-22(12-14-26)24-9-10-25(28(31)17-24)20-34(30(37)23-6-4-3-5-7-23)27-16-21(18-32-19-27)8-15-29(35)36/h8-19,23H,3-7,20H2,1-2H3,(H,35,36)/b15-8+/i20D. The molecule has 1 aliphatic rings. The summed E-state index contributed by atoms with van der Waals surface area (Å²) in [5, 5.41) is 8.98. The summed E-state index contributed by atoms with van der Waals surface area (Å²) in [5.74, 6) is -2.18. The Balaban J connectivity index is 1.69. The number of aliphatic carboxylic acids is 1. The molecular formula is C30H32FN3O3. The number of hydrogen-bond donors (Lipinski definition) is 1. The van der Waals surface area contributed by atoms with Gasteiger partial charge in [0, 0.05) is 43.5 Å². The molecule has 1 aromatic heterocycles. The normalized spacial score (nSPS) is 15.3. The lowest BCUT2D eigenvalue weighted by Gasteiger charge is -2.29. The van der Waals surface area contributed by atoms with E-state index < -0.39 is 18.3 Å². The molecule has 7 heteroatoms. The number of aromatic nitrogens is 1. The molecule has 0 bridgehead atoms. The third-order valence-corrected chi connectivity index (χ3v) is 6.62. The molecule has 1 saturated carbocycles. The SMILES string of the molecule is [2H]C(c1ccc(-c2ccc(N(C)C)cc2)cc1F)N(C(=O)C1CCCCC1)c1cncc(/C=C/C(=O)O)c1. The zero-order chi connectivity index (χ0) is 27.2. The minimum Gasteiger partial charge on any atom is -0.478 e. The molecule has 2 aromatic carbocycles. The fraction of sp³-hybridized carbons (Fsp3) is 0.300. The average Bonchev–Trinajstić information content (AvgIpc) is 2.92. The predicted octanol–water partition coefficient (Wildman–Crippen LogP) is 6.17. The van der Waals surface area contributed by atoms with Crippen molar-refractivity contribution in [1.82, 2.24) is 4.98 Å². The topological polar surface area (TPSA) is 73.7 Å². The summed E-state index contributed by atoms with van der Waals surface area (Å²) < 4.78 is 24.5. The summed E-state index contributed by atoms with van der Waals surface area (Å²) in [4.78, 5) is 32.1. The van der Waals surface area contributed by atoms with Gasteiger partial charge in [-0.1, -0.05) is 43.5 Å². The lowest BCUT2D eigenvalue weighted by Crippen LogP contribution is -2.37. The molecule has 1 atom stereocenters. The number of anilines is 2. The molecule has 1 amide bonds. The van der Waals surface area contributed by atoms with E-state index in [1.165, 1.54) is 29.4 Å². The van der Waals surface area contributed by atoms with Crippen LogP contribution in [0, 0.1) is 11.7 Å². The molecule has 192 valence electrons. The highest BCUT2D eigenvalue weighted by Crippen LogP contribution is 2.30. The number of carbonyl (C=O) groups excluding carboxylic acids is 1. The number of amides is 1.